The van der Waals surface area contributed by atoms with Gasteiger partial charge >= 0.3 is 0 Å². The van der Waals surface area contributed by atoms with Crippen molar-refractivity contribution in [2.45, 2.75) is 31.7 Å². The topological polar surface area (TPSA) is 72.3 Å². The van der Waals surface area contributed by atoms with Crippen LogP contribution in [0, 0.1) is 32.1 Å². The summed E-state index contributed by atoms with van der Waals surface area (Å²) < 4.78 is 3.91. The summed E-state index contributed by atoms with van der Waals surface area (Å²) in [6, 6.07) is 20.4. The molecule has 0 spiro atoms. The van der Waals surface area contributed by atoms with Crippen molar-refractivity contribution in [1.82, 2.24) is 24.5 Å². The summed E-state index contributed by atoms with van der Waals surface area (Å²) in [6.07, 6.45) is 0. The van der Waals surface area contributed by atoms with Crippen LogP contribution in [0.25, 0.3) is 11.4 Å². The van der Waals surface area contributed by atoms with Crippen LogP contribution in [0.4, 0.5) is 0 Å². The Bertz CT molecular complexity index is 1200. The zero-order valence-corrected chi connectivity index (χ0v) is 17.3. The van der Waals surface area contributed by atoms with Crippen LogP contribution in [0.2, 0.25) is 0 Å². The lowest BCUT2D eigenvalue weighted by molar-refractivity contribution is 0.824. The Morgan fingerprint density at radius 1 is 0.966 bits per heavy atom. The number of rotatable bonds is 5. The van der Waals surface area contributed by atoms with Crippen molar-refractivity contribution in [3.63, 3.8) is 0 Å². The van der Waals surface area contributed by atoms with Crippen molar-refractivity contribution < 1.29 is 0 Å². The van der Waals surface area contributed by atoms with Crippen molar-refractivity contribution in [3.8, 4) is 17.4 Å². The maximum atomic E-state index is 9.68. The number of hydrogen-bond donors (Lipinski definition) is 0. The SMILES string of the molecule is Cc1ccccc1-n1c(C)nnc1SCc1c(C#N)c(C)nn1-c1ccccc1. The van der Waals surface area contributed by atoms with E-state index in [0.717, 1.165) is 39.3 Å². The molecular weight excluding hydrogens is 380 g/mol. The number of benzene rings is 2. The first-order valence-electron chi connectivity index (χ1n) is 9.25. The maximum absolute atomic E-state index is 9.68. The maximum Gasteiger partial charge on any atom is 0.196 e. The van der Waals surface area contributed by atoms with Gasteiger partial charge in [-0.2, -0.15) is 10.4 Å². The van der Waals surface area contributed by atoms with E-state index < -0.39 is 0 Å². The zero-order chi connectivity index (χ0) is 20.4. The van der Waals surface area contributed by atoms with Crippen LogP contribution >= 0.6 is 11.8 Å². The molecule has 2 heterocycles. The van der Waals surface area contributed by atoms with E-state index >= 15 is 0 Å². The van der Waals surface area contributed by atoms with E-state index in [0.29, 0.717) is 11.3 Å². The summed E-state index contributed by atoms with van der Waals surface area (Å²) in [4.78, 5) is 0. The largest absolute Gasteiger partial charge is 0.274 e. The molecule has 0 amide bonds. The molecule has 0 N–H and O–H groups in total. The molecule has 0 unspecified atom stereocenters. The molecule has 144 valence electrons. The molecule has 0 atom stereocenters. The van der Waals surface area contributed by atoms with Gasteiger partial charge in [-0.15, -0.1) is 10.2 Å². The molecule has 0 aliphatic carbocycles. The quantitative estimate of drug-likeness (QED) is 0.460. The number of aromatic nitrogens is 5. The number of aryl methyl sites for hydroxylation is 3. The molecular formula is C22H20N6S. The first-order chi connectivity index (χ1) is 14.1. The Balaban J connectivity index is 1.72. The van der Waals surface area contributed by atoms with Crippen molar-refractivity contribution in [3.05, 3.63) is 82.9 Å². The summed E-state index contributed by atoms with van der Waals surface area (Å²) in [5.41, 5.74) is 5.34. The second-order valence-corrected chi connectivity index (χ2v) is 7.65. The molecule has 0 saturated carbocycles. The minimum absolute atomic E-state index is 0.558. The number of thioether (sulfide) groups is 1. The van der Waals surface area contributed by atoms with Crippen LogP contribution in [0.15, 0.2) is 59.8 Å². The van der Waals surface area contributed by atoms with Crippen molar-refractivity contribution in [1.29, 1.82) is 5.26 Å². The summed E-state index contributed by atoms with van der Waals surface area (Å²) >= 11 is 1.55. The molecule has 6 nitrogen and oxygen atoms in total. The summed E-state index contributed by atoms with van der Waals surface area (Å²) in [6.45, 7) is 5.89. The predicted molar refractivity (Wildman–Crippen MR) is 113 cm³/mol. The third kappa shape index (κ3) is 3.55. The minimum Gasteiger partial charge on any atom is -0.274 e. The number of nitriles is 1. The van der Waals surface area contributed by atoms with Crippen molar-refractivity contribution in [2.24, 2.45) is 0 Å². The molecule has 2 aromatic carbocycles. The smallest absolute Gasteiger partial charge is 0.196 e. The molecule has 0 radical (unpaired) electrons. The summed E-state index contributed by atoms with van der Waals surface area (Å²) in [5, 5.41) is 23.7. The van der Waals surface area contributed by atoms with Crippen LogP contribution < -0.4 is 0 Å². The third-order valence-electron chi connectivity index (χ3n) is 4.76. The second-order valence-electron chi connectivity index (χ2n) is 6.71. The Morgan fingerprint density at radius 3 is 2.41 bits per heavy atom. The van der Waals surface area contributed by atoms with Crippen molar-refractivity contribution >= 4 is 11.8 Å². The van der Waals surface area contributed by atoms with Gasteiger partial charge in [-0.1, -0.05) is 48.2 Å². The van der Waals surface area contributed by atoms with Crippen LogP contribution in [-0.4, -0.2) is 24.5 Å². The van der Waals surface area contributed by atoms with E-state index in [9.17, 15) is 5.26 Å². The van der Waals surface area contributed by atoms with Gasteiger partial charge in [-0.05, 0) is 44.5 Å². The van der Waals surface area contributed by atoms with Crippen molar-refractivity contribution in [2.75, 3.05) is 0 Å². The highest BCUT2D eigenvalue weighted by molar-refractivity contribution is 7.98. The van der Waals surface area contributed by atoms with Crippen LogP contribution in [-0.2, 0) is 5.75 Å². The average Bonchev–Trinajstić information content (AvgIpc) is 3.26. The fraction of sp³-hybridized carbons (Fsp3) is 0.182. The monoisotopic (exact) mass is 400 g/mol. The molecule has 0 fully saturated rings. The fourth-order valence-corrected chi connectivity index (χ4v) is 4.29. The fourth-order valence-electron chi connectivity index (χ4n) is 3.30. The predicted octanol–water partition coefficient (Wildman–Crippen LogP) is 4.54. The third-order valence-corrected chi connectivity index (χ3v) is 5.70. The Morgan fingerprint density at radius 2 is 1.69 bits per heavy atom. The van der Waals surface area contributed by atoms with E-state index in [1.54, 1.807) is 11.8 Å². The molecule has 4 rings (SSSR count). The van der Waals surface area contributed by atoms with Crippen LogP contribution in [0.3, 0.4) is 0 Å². The van der Waals surface area contributed by atoms with E-state index in [1.165, 1.54) is 0 Å². The van der Waals surface area contributed by atoms with Gasteiger partial charge in [0.25, 0.3) is 0 Å². The Labute approximate surface area is 173 Å². The van der Waals surface area contributed by atoms with E-state index in [2.05, 4.69) is 45.0 Å². The number of para-hydroxylation sites is 2. The highest BCUT2D eigenvalue weighted by atomic mass is 32.2. The first-order valence-corrected chi connectivity index (χ1v) is 10.2. The van der Waals surface area contributed by atoms with Crippen LogP contribution in [0.1, 0.15) is 28.3 Å². The summed E-state index contributed by atoms with van der Waals surface area (Å²) in [5.74, 6) is 1.39. The summed E-state index contributed by atoms with van der Waals surface area (Å²) in [7, 11) is 0. The lowest BCUT2D eigenvalue weighted by Gasteiger charge is -2.12. The Hall–Kier alpha value is -3.37. The van der Waals surface area contributed by atoms with Gasteiger partial charge in [0, 0.05) is 5.75 Å². The molecule has 0 aliphatic heterocycles. The number of nitrogens with zero attached hydrogens (tertiary/aromatic N) is 6. The van der Waals surface area contributed by atoms with Gasteiger partial charge in [0.05, 0.1) is 28.3 Å². The van der Waals surface area contributed by atoms with E-state index in [4.69, 9.17) is 0 Å². The molecule has 29 heavy (non-hydrogen) atoms. The lowest BCUT2D eigenvalue weighted by atomic mass is 10.2. The number of hydrogen-bond acceptors (Lipinski definition) is 5. The molecule has 7 heteroatoms. The normalized spacial score (nSPS) is 10.8. The molecule has 0 bridgehead atoms. The molecule has 0 aliphatic rings. The molecule has 2 aromatic heterocycles. The van der Waals surface area contributed by atoms with Gasteiger partial charge in [0.2, 0.25) is 0 Å². The molecule has 0 saturated heterocycles. The average molecular weight is 401 g/mol. The second kappa shape index (κ2) is 7.94. The Kier molecular flexibility index (Phi) is 5.19. The van der Waals surface area contributed by atoms with E-state index in [-0.39, 0.29) is 0 Å². The highest BCUT2D eigenvalue weighted by Crippen LogP contribution is 2.29. The van der Waals surface area contributed by atoms with E-state index in [1.807, 2.05) is 61.0 Å². The first kappa shape index (κ1) is 19.0. The standard InChI is InChI=1S/C22H20N6S/c1-15-9-7-8-12-20(15)27-17(3)24-25-22(27)29-14-21-19(13-23)16(2)26-28(21)18-10-5-4-6-11-18/h4-12H,14H2,1-3H3. The van der Waals surface area contributed by atoms with Gasteiger partial charge in [-0.3, -0.25) is 4.57 Å². The minimum atomic E-state index is 0.558. The van der Waals surface area contributed by atoms with Gasteiger partial charge in [-0.25, -0.2) is 4.68 Å². The molecule has 4 aromatic rings. The van der Waals surface area contributed by atoms with Gasteiger partial charge in [0.15, 0.2) is 5.16 Å². The zero-order valence-electron chi connectivity index (χ0n) is 16.5. The van der Waals surface area contributed by atoms with Crippen LogP contribution in [0.5, 0.6) is 0 Å². The van der Waals surface area contributed by atoms with Gasteiger partial charge in [0.1, 0.15) is 11.9 Å². The lowest BCUT2D eigenvalue weighted by Crippen LogP contribution is -2.04. The highest BCUT2D eigenvalue weighted by Gasteiger charge is 2.19. The van der Waals surface area contributed by atoms with Gasteiger partial charge < -0.3 is 0 Å².